The predicted octanol–water partition coefficient (Wildman–Crippen LogP) is 2.04. The second kappa shape index (κ2) is 10.3. The number of nitrogens with one attached hydrogen (secondary N) is 1. The van der Waals surface area contributed by atoms with Crippen molar-refractivity contribution in [1.82, 2.24) is 35.6 Å². The van der Waals surface area contributed by atoms with Gasteiger partial charge in [0.1, 0.15) is 5.76 Å². The highest BCUT2D eigenvalue weighted by Crippen LogP contribution is 2.24. The van der Waals surface area contributed by atoms with Crippen molar-refractivity contribution < 1.29 is 13.8 Å². The Labute approximate surface area is 200 Å². The molecule has 12 heteroatoms. The minimum absolute atomic E-state index is 0.0560. The molecule has 0 atom stereocenters. The first-order valence-corrected chi connectivity index (χ1v) is 11.3. The summed E-state index contributed by atoms with van der Waals surface area (Å²) in [6, 6.07) is 14.0. The number of rotatable bonds is 8. The molecule has 0 saturated carbocycles. The number of carbonyl (C=O) groups excluding carboxylic acids is 1. The van der Waals surface area contributed by atoms with E-state index in [4.69, 9.17) is 14.8 Å². The number of likely N-dealkylation sites (tertiary alicyclic amines) is 1. The van der Waals surface area contributed by atoms with Gasteiger partial charge in [0.15, 0.2) is 5.69 Å². The summed E-state index contributed by atoms with van der Waals surface area (Å²) in [5, 5.41) is 19.6. The molecule has 4 heterocycles. The first-order valence-electron chi connectivity index (χ1n) is 11.3. The van der Waals surface area contributed by atoms with Crippen LogP contribution in [0.15, 0.2) is 62.9 Å². The first kappa shape index (κ1) is 22.5. The van der Waals surface area contributed by atoms with Gasteiger partial charge >= 0.3 is 0 Å². The number of piperidine rings is 1. The Kier molecular flexibility index (Phi) is 6.61. The molecule has 0 spiro atoms. The van der Waals surface area contributed by atoms with Crippen molar-refractivity contribution in [2.24, 2.45) is 11.0 Å². The SMILES string of the molecule is Nc1nonc1-n1nnc(C(=O)N/N=C\c2ccco2)c1CN1CCC(Cc2ccccc2)CC1. The molecule has 1 aliphatic rings. The number of anilines is 1. The Hall–Kier alpha value is -4.32. The topological polar surface area (TPSA) is 153 Å². The number of nitrogens with two attached hydrogens (primary N) is 1. The summed E-state index contributed by atoms with van der Waals surface area (Å²) in [6.07, 6.45) is 6.10. The summed E-state index contributed by atoms with van der Waals surface area (Å²) in [5.41, 5.74) is 10.4. The lowest BCUT2D eigenvalue weighted by atomic mass is 9.90. The van der Waals surface area contributed by atoms with Gasteiger partial charge in [-0.3, -0.25) is 9.69 Å². The standard InChI is InChI=1S/C23H25N9O3/c24-21-22(29-35-28-21)32-19(20(26-30-32)23(33)27-25-14-18-7-4-12-34-18)15-31-10-8-17(9-11-31)13-16-5-2-1-3-6-16/h1-7,12,14,17H,8-11,13,15H2,(H2,24,28)(H,27,33)/b25-14-. The number of hydrogen-bond acceptors (Lipinski definition) is 10. The van der Waals surface area contributed by atoms with Crippen LogP contribution in [0.5, 0.6) is 0 Å². The molecule has 3 aromatic heterocycles. The van der Waals surface area contributed by atoms with E-state index < -0.39 is 5.91 Å². The minimum atomic E-state index is -0.511. The Morgan fingerprint density at radius 2 is 2.00 bits per heavy atom. The molecule has 1 fully saturated rings. The van der Waals surface area contributed by atoms with Crippen LogP contribution in [0, 0.1) is 5.92 Å². The van der Waals surface area contributed by atoms with E-state index in [9.17, 15) is 4.79 Å². The molecule has 1 amide bonds. The largest absolute Gasteiger partial charge is 0.463 e. The minimum Gasteiger partial charge on any atom is -0.463 e. The Balaban J connectivity index is 1.30. The number of carbonyl (C=O) groups is 1. The van der Waals surface area contributed by atoms with Crippen LogP contribution in [0.4, 0.5) is 5.82 Å². The van der Waals surface area contributed by atoms with E-state index in [2.05, 4.69) is 60.3 Å². The van der Waals surface area contributed by atoms with Crippen LogP contribution in [-0.4, -0.2) is 55.4 Å². The number of aromatic nitrogens is 5. The Bertz CT molecular complexity index is 1270. The highest BCUT2D eigenvalue weighted by molar-refractivity contribution is 5.94. The van der Waals surface area contributed by atoms with Gasteiger partial charge in [0.25, 0.3) is 5.91 Å². The van der Waals surface area contributed by atoms with Crippen molar-refractivity contribution in [3.8, 4) is 5.82 Å². The van der Waals surface area contributed by atoms with Crippen LogP contribution < -0.4 is 11.2 Å². The number of nitrogen functional groups attached to an aromatic ring is 1. The zero-order valence-corrected chi connectivity index (χ0v) is 18.9. The van der Waals surface area contributed by atoms with Crippen molar-refractivity contribution >= 4 is 17.9 Å². The van der Waals surface area contributed by atoms with Crippen LogP contribution in [0.2, 0.25) is 0 Å². The molecular formula is C23H25N9O3. The third kappa shape index (κ3) is 5.27. The van der Waals surface area contributed by atoms with Crippen molar-refractivity contribution in [2.75, 3.05) is 18.8 Å². The lowest BCUT2D eigenvalue weighted by Crippen LogP contribution is -2.35. The molecule has 0 bridgehead atoms. The zero-order valence-electron chi connectivity index (χ0n) is 18.9. The van der Waals surface area contributed by atoms with E-state index in [0.29, 0.717) is 23.9 Å². The normalized spacial score (nSPS) is 15.1. The molecule has 0 radical (unpaired) electrons. The van der Waals surface area contributed by atoms with Gasteiger partial charge in [-0.25, -0.2) is 10.1 Å². The molecule has 1 aromatic carbocycles. The maximum atomic E-state index is 12.9. The smallest absolute Gasteiger partial charge is 0.293 e. The van der Waals surface area contributed by atoms with Crippen LogP contribution >= 0.6 is 0 Å². The molecule has 180 valence electrons. The van der Waals surface area contributed by atoms with Gasteiger partial charge < -0.3 is 10.2 Å². The number of nitrogens with zero attached hydrogens (tertiary/aromatic N) is 7. The summed E-state index contributed by atoms with van der Waals surface area (Å²) >= 11 is 0. The molecule has 3 N–H and O–H groups in total. The van der Waals surface area contributed by atoms with Crippen molar-refractivity contribution in [1.29, 1.82) is 0 Å². The third-order valence-electron chi connectivity index (χ3n) is 6.02. The fraction of sp³-hybridized carbons (Fsp3) is 0.304. The van der Waals surface area contributed by atoms with Gasteiger partial charge in [0.2, 0.25) is 11.6 Å². The van der Waals surface area contributed by atoms with Crippen LogP contribution in [-0.2, 0) is 13.0 Å². The quantitative estimate of drug-likeness (QED) is 0.288. The van der Waals surface area contributed by atoms with Gasteiger partial charge in [0.05, 0.1) is 18.2 Å². The van der Waals surface area contributed by atoms with Gasteiger partial charge in [-0.05, 0) is 66.3 Å². The van der Waals surface area contributed by atoms with Crippen molar-refractivity contribution in [2.45, 2.75) is 25.8 Å². The number of hydrazone groups is 1. The fourth-order valence-electron chi connectivity index (χ4n) is 4.21. The van der Waals surface area contributed by atoms with E-state index in [1.807, 2.05) is 6.07 Å². The molecule has 1 saturated heterocycles. The zero-order chi connectivity index (χ0) is 24.0. The van der Waals surface area contributed by atoms with Crippen LogP contribution in [0.3, 0.4) is 0 Å². The Morgan fingerprint density at radius 1 is 1.17 bits per heavy atom. The van der Waals surface area contributed by atoms with Gasteiger partial charge in [-0.2, -0.15) is 9.78 Å². The van der Waals surface area contributed by atoms with E-state index >= 15 is 0 Å². The highest BCUT2D eigenvalue weighted by Gasteiger charge is 2.27. The highest BCUT2D eigenvalue weighted by atomic mass is 16.6. The lowest BCUT2D eigenvalue weighted by molar-refractivity contribution is 0.0946. The summed E-state index contributed by atoms with van der Waals surface area (Å²) in [6.45, 7) is 2.20. The van der Waals surface area contributed by atoms with Crippen molar-refractivity contribution in [3.63, 3.8) is 0 Å². The molecule has 12 nitrogen and oxygen atoms in total. The second-order valence-electron chi connectivity index (χ2n) is 8.39. The average Bonchev–Trinajstić information content (AvgIpc) is 3.63. The maximum absolute atomic E-state index is 12.9. The monoisotopic (exact) mass is 475 g/mol. The van der Waals surface area contributed by atoms with E-state index in [-0.39, 0.29) is 17.3 Å². The number of hydrogen-bond donors (Lipinski definition) is 2. The summed E-state index contributed by atoms with van der Waals surface area (Å²) in [5.74, 6) is 0.855. The summed E-state index contributed by atoms with van der Waals surface area (Å²) in [7, 11) is 0. The number of amides is 1. The van der Waals surface area contributed by atoms with Crippen molar-refractivity contribution in [3.05, 3.63) is 71.4 Å². The molecule has 0 unspecified atom stereocenters. The molecule has 35 heavy (non-hydrogen) atoms. The molecule has 0 aliphatic carbocycles. The van der Waals surface area contributed by atoms with E-state index in [1.165, 1.54) is 22.7 Å². The fourth-order valence-corrected chi connectivity index (χ4v) is 4.21. The van der Waals surface area contributed by atoms with E-state index in [1.54, 1.807) is 12.1 Å². The molecular weight excluding hydrogens is 450 g/mol. The molecule has 1 aliphatic heterocycles. The van der Waals surface area contributed by atoms with Gasteiger partial charge in [-0.15, -0.1) is 5.10 Å². The number of benzene rings is 1. The van der Waals surface area contributed by atoms with E-state index in [0.717, 1.165) is 32.4 Å². The number of furan rings is 1. The van der Waals surface area contributed by atoms with Crippen LogP contribution in [0.25, 0.3) is 5.82 Å². The summed E-state index contributed by atoms with van der Waals surface area (Å²) in [4.78, 5) is 15.1. The average molecular weight is 476 g/mol. The first-order chi connectivity index (χ1) is 17.2. The van der Waals surface area contributed by atoms with Gasteiger partial charge in [0, 0.05) is 6.54 Å². The maximum Gasteiger partial charge on any atom is 0.293 e. The molecule has 5 rings (SSSR count). The second-order valence-corrected chi connectivity index (χ2v) is 8.39. The van der Waals surface area contributed by atoms with Crippen LogP contribution in [0.1, 0.15) is 40.3 Å². The Morgan fingerprint density at radius 3 is 2.71 bits per heavy atom. The third-order valence-corrected chi connectivity index (χ3v) is 6.02. The van der Waals surface area contributed by atoms with Gasteiger partial charge in [-0.1, -0.05) is 35.5 Å². The predicted molar refractivity (Wildman–Crippen MR) is 126 cm³/mol. The summed E-state index contributed by atoms with van der Waals surface area (Å²) < 4.78 is 11.3. The lowest BCUT2D eigenvalue weighted by Gasteiger charge is -2.32. The molecule has 4 aromatic rings.